The van der Waals surface area contributed by atoms with Crippen LogP contribution in [0.15, 0.2) is 6.20 Å². The number of fused-ring (bicyclic) bond motifs is 2. The fraction of sp³-hybridized carbons (Fsp3) is 0.829. The number of amides is 1. The molecule has 0 radical (unpaired) electrons. The van der Waals surface area contributed by atoms with Gasteiger partial charge < -0.3 is 51.7 Å². The lowest BCUT2D eigenvalue weighted by Gasteiger charge is -2.39. The van der Waals surface area contributed by atoms with Crippen LogP contribution in [-0.4, -0.2) is 155 Å². The van der Waals surface area contributed by atoms with Crippen molar-refractivity contribution in [1.82, 2.24) is 40.0 Å². The first-order chi connectivity index (χ1) is 31.2. The Bertz CT molecular complexity index is 2090. The molecular weight excluding hydrogens is 921 g/mol. The molecule has 2 unspecified atom stereocenters. The Kier molecular flexibility index (Phi) is 17.8. The van der Waals surface area contributed by atoms with Gasteiger partial charge in [0.2, 0.25) is 10.6 Å². The molecular formula is C41H69ClN9O13PSi. The molecule has 0 N–H and O–H groups in total. The average Bonchev–Trinajstić information content (AvgIpc) is 4.07. The first-order valence-electron chi connectivity index (χ1n) is 22.7. The summed E-state index contributed by atoms with van der Waals surface area (Å²) in [7, 11) is -4.00. The molecule has 3 fully saturated rings. The molecule has 0 aromatic carbocycles. The lowest BCUT2D eigenvalue weighted by atomic mass is 10.1. The monoisotopic (exact) mass is 989 g/mol. The molecule has 25 heteroatoms. The molecule has 5 heterocycles. The molecule has 5 atom stereocenters. The van der Waals surface area contributed by atoms with E-state index in [1.807, 2.05) is 20.8 Å². The molecule has 3 aliphatic rings. The van der Waals surface area contributed by atoms with Crippen molar-refractivity contribution >= 4 is 50.2 Å². The Hall–Kier alpha value is -2.77. The van der Waals surface area contributed by atoms with E-state index in [4.69, 9.17) is 68.4 Å². The van der Waals surface area contributed by atoms with Gasteiger partial charge in [-0.05, 0) is 89.4 Å². The summed E-state index contributed by atoms with van der Waals surface area (Å²) in [6, 6.07) is 0.812. The van der Waals surface area contributed by atoms with Crippen LogP contribution < -0.4 is 4.90 Å². The van der Waals surface area contributed by atoms with Crippen molar-refractivity contribution in [2.75, 3.05) is 64.9 Å². The molecule has 1 saturated carbocycles. The minimum Gasteiger partial charge on any atom is -0.443 e. The highest BCUT2D eigenvalue weighted by atomic mass is 35.5. The molecule has 0 spiro atoms. The SMILES string of the molecule is CCOP(=O)(OCC)C(COCCOC)(COCc1nnnn1COCC[Si](C)(C)C)OCC1O[C@@H](n2ncc3c(N(C(=O)OC(C)(C)C)C4CCCC4)nc(Cl)nc32)[C@@H]2OC(C)(C)O[C@H]12. The van der Waals surface area contributed by atoms with E-state index in [1.54, 1.807) is 50.6 Å². The Morgan fingerprint density at radius 3 is 2.36 bits per heavy atom. The predicted molar refractivity (Wildman–Crippen MR) is 243 cm³/mol. The average molecular weight is 991 g/mol. The number of halogens is 1. The normalized spacial score (nSPS) is 22.3. The molecule has 66 heavy (non-hydrogen) atoms. The van der Waals surface area contributed by atoms with Gasteiger partial charge in [0.05, 0.1) is 57.8 Å². The number of carbonyl (C=O) groups excluding carboxylic acids is 1. The summed E-state index contributed by atoms with van der Waals surface area (Å²) in [5.41, 5.74) is -0.464. The zero-order valence-electron chi connectivity index (χ0n) is 40.2. The number of nitrogens with zero attached hydrogens (tertiary/aromatic N) is 9. The summed E-state index contributed by atoms with van der Waals surface area (Å²) in [4.78, 5) is 24.6. The fourth-order valence-corrected chi connectivity index (χ4v) is 10.8. The van der Waals surface area contributed by atoms with Crippen molar-refractivity contribution in [1.29, 1.82) is 0 Å². The number of methoxy groups -OCH3 is 1. The summed E-state index contributed by atoms with van der Waals surface area (Å²) in [6.45, 7) is 19.4. The molecule has 372 valence electrons. The lowest BCUT2D eigenvalue weighted by molar-refractivity contribution is -0.209. The molecule has 1 aliphatic carbocycles. The number of anilines is 1. The van der Waals surface area contributed by atoms with Crippen molar-refractivity contribution in [2.45, 2.75) is 160 Å². The van der Waals surface area contributed by atoms with Crippen LogP contribution in [0.5, 0.6) is 0 Å². The van der Waals surface area contributed by atoms with Gasteiger partial charge in [0.25, 0.3) is 0 Å². The highest BCUT2D eigenvalue weighted by Crippen LogP contribution is 2.61. The Labute approximate surface area is 392 Å². The predicted octanol–water partition coefficient (Wildman–Crippen LogP) is 6.74. The van der Waals surface area contributed by atoms with E-state index in [0.717, 1.165) is 31.7 Å². The van der Waals surface area contributed by atoms with Gasteiger partial charge in [0.15, 0.2) is 29.3 Å². The van der Waals surface area contributed by atoms with Gasteiger partial charge in [0.1, 0.15) is 37.3 Å². The number of hydrogen-bond acceptors (Lipinski definition) is 19. The van der Waals surface area contributed by atoms with E-state index in [0.29, 0.717) is 23.5 Å². The van der Waals surface area contributed by atoms with Crippen LogP contribution in [0.4, 0.5) is 10.6 Å². The van der Waals surface area contributed by atoms with Crippen LogP contribution in [0, 0.1) is 0 Å². The van der Waals surface area contributed by atoms with E-state index in [-0.39, 0.29) is 76.7 Å². The summed E-state index contributed by atoms with van der Waals surface area (Å²) in [5, 5.41) is 15.3. The van der Waals surface area contributed by atoms with Crippen molar-refractivity contribution in [3.05, 3.63) is 17.3 Å². The minimum absolute atomic E-state index is 0.0240. The zero-order chi connectivity index (χ0) is 47.9. The van der Waals surface area contributed by atoms with E-state index >= 15 is 4.57 Å². The summed E-state index contributed by atoms with van der Waals surface area (Å²) >= 11 is 6.66. The molecule has 0 bridgehead atoms. The van der Waals surface area contributed by atoms with Crippen LogP contribution >= 0.6 is 19.2 Å². The number of aromatic nitrogens is 8. The van der Waals surface area contributed by atoms with Crippen LogP contribution in [0.1, 0.15) is 86.2 Å². The first-order valence-corrected chi connectivity index (χ1v) is 28.3. The molecule has 1 amide bonds. The van der Waals surface area contributed by atoms with Gasteiger partial charge in [-0.3, -0.25) is 9.46 Å². The highest BCUT2D eigenvalue weighted by Gasteiger charge is 2.59. The fourth-order valence-electron chi connectivity index (χ4n) is 7.97. The molecule has 3 aromatic heterocycles. The smallest absolute Gasteiger partial charge is 0.416 e. The third-order valence-corrected chi connectivity index (χ3v) is 15.5. The number of hydrogen-bond donors (Lipinski definition) is 0. The second-order valence-electron chi connectivity index (χ2n) is 19.1. The molecule has 6 rings (SSSR count). The zero-order valence-corrected chi connectivity index (χ0v) is 42.9. The third-order valence-electron chi connectivity index (χ3n) is 11.0. The van der Waals surface area contributed by atoms with E-state index in [9.17, 15) is 4.79 Å². The van der Waals surface area contributed by atoms with Gasteiger partial charge in [-0.15, -0.1) is 5.10 Å². The van der Waals surface area contributed by atoms with Crippen molar-refractivity contribution < 1.29 is 61.0 Å². The summed E-state index contributed by atoms with van der Waals surface area (Å²) < 4.78 is 85.9. The Balaban J connectivity index is 1.30. The topological polar surface area (TPSA) is 226 Å². The molecule has 3 aromatic rings. The van der Waals surface area contributed by atoms with Gasteiger partial charge in [-0.2, -0.15) is 15.1 Å². The van der Waals surface area contributed by atoms with Gasteiger partial charge in [0, 0.05) is 27.8 Å². The van der Waals surface area contributed by atoms with Crippen molar-refractivity contribution in [3.63, 3.8) is 0 Å². The second kappa shape index (κ2) is 22.3. The first kappa shape index (κ1) is 52.6. The number of tetrazole rings is 1. The Morgan fingerprint density at radius 2 is 1.70 bits per heavy atom. The second-order valence-corrected chi connectivity index (χ2v) is 27.4. The maximum Gasteiger partial charge on any atom is 0.416 e. The number of rotatable bonds is 25. The maximum absolute atomic E-state index is 15.1. The van der Waals surface area contributed by atoms with Crippen molar-refractivity contribution in [2.24, 2.45) is 0 Å². The van der Waals surface area contributed by atoms with E-state index in [1.165, 1.54) is 4.68 Å². The Morgan fingerprint density at radius 1 is 1.00 bits per heavy atom. The minimum atomic E-state index is -4.23. The van der Waals surface area contributed by atoms with Crippen LogP contribution in [0.3, 0.4) is 0 Å². The van der Waals surface area contributed by atoms with E-state index in [2.05, 4.69) is 45.1 Å². The standard InChI is InChI=1S/C41H69ClN9O13PSi/c1-12-59-65(53,60-13-2)41(25-55-19-18-54-8,26-57-24-31-46-47-48-49(31)27-56-20-21-66(9,10)11)58-23-30-32-33(63-40(6,7)62-32)36(61-30)51-35-29(22-43-51)34(44-37(42)45-35)50(28-16-14-15-17-28)38(52)64-39(3,4)5/h22,28,30,32-33,36H,12-21,23-27H2,1-11H3/t30?,32-,33-,36-,41?/m1/s1. The molecule has 2 aliphatic heterocycles. The third kappa shape index (κ3) is 12.9. The molecule has 2 saturated heterocycles. The van der Waals surface area contributed by atoms with Gasteiger partial charge in [-0.1, -0.05) is 32.5 Å². The summed E-state index contributed by atoms with van der Waals surface area (Å²) in [5.74, 6) is -0.399. The van der Waals surface area contributed by atoms with Crippen LogP contribution in [-0.2, 0) is 69.6 Å². The highest BCUT2D eigenvalue weighted by molar-refractivity contribution is 7.55. The number of ether oxygens (including phenoxy) is 9. The lowest BCUT2D eigenvalue weighted by Crippen LogP contribution is -2.47. The number of carbonyl (C=O) groups is 1. The quantitative estimate of drug-likeness (QED) is 0.0371. The largest absolute Gasteiger partial charge is 0.443 e. The van der Waals surface area contributed by atoms with Crippen LogP contribution in [0.25, 0.3) is 11.0 Å². The van der Waals surface area contributed by atoms with E-state index < -0.39 is 63.0 Å². The summed E-state index contributed by atoms with van der Waals surface area (Å²) in [6.07, 6.45) is 1.20. The van der Waals surface area contributed by atoms with Crippen molar-refractivity contribution in [3.8, 4) is 0 Å². The molecule has 22 nitrogen and oxygen atoms in total. The van der Waals surface area contributed by atoms with Gasteiger partial charge >= 0.3 is 13.7 Å². The van der Waals surface area contributed by atoms with Gasteiger partial charge in [-0.25, -0.2) is 14.2 Å². The van der Waals surface area contributed by atoms with Crippen LogP contribution in [0.2, 0.25) is 31.0 Å². The maximum atomic E-state index is 15.1.